The van der Waals surface area contributed by atoms with E-state index in [1.165, 1.54) is 5.19 Å². The van der Waals surface area contributed by atoms with Gasteiger partial charge in [0, 0.05) is 13.2 Å². The monoisotopic (exact) mass is 352 g/mol. The topological polar surface area (TPSA) is 24.9 Å². The summed E-state index contributed by atoms with van der Waals surface area (Å²) in [5.41, 5.74) is 4.58. The summed E-state index contributed by atoms with van der Waals surface area (Å²) < 4.78 is 16.7. The first-order valence-electron chi connectivity index (χ1n) is 8.21. The van der Waals surface area contributed by atoms with E-state index in [0.29, 0.717) is 13.2 Å². The third-order valence-electron chi connectivity index (χ3n) is 4.04. The molecular formula is C17H32N2O2Si2. The summed E-state index contributed by atoms with van der Waals surface area (Å²) in [6, 6.07) is 10.7. The van der Waals surface area contributed by atoms with Gasteiger partial charge < -0.3 is 18.0 Å². The van der Waals surface area contributed by atoms with Crippen molar-refractivity contribution in [3.63, 3.8) is 0 Å². The van der Waals surface area contributed by atoms with Crippen LogP contribution in [0.5, 0.6) is 0 Å². The smallest absolute Gasteiger partial charge is 0.361 e. The van der Waals surface area contributed by atoms with Crippen molar-refractivity contribution < 1.29 is 8.85 Å². The summed E-state index contributed by atoms with van der Waals surface area (Å²) in [5, 5.41) is 1.36. The van der Waals surface area contributed by atoms with Gasteiger partial charge in [0.15, 0.2) is 0 Å². The van der Waals surface area contributed by atoms with E-state index in [-0.39, 0.29) is 0 Å². The lowest BCUT2D eigenvalue weighted by Gasteiger charge is -2.41. The molecule has 0 amide bonds. The van der Waals surface area contributed by atoms with Gasteiger partial charge in [-0.25, -0.2) is 0 Å². The number of hydrogen-bond donors (Lipinski definition) is 0. The summed E-state index contributed by atoms with van der Waals surface area (Å²) in [6.07, 6.45) is 0. The van der Waals surface area contributed by atoms with Gasteiger partial charge in [0.25, 0.3) is 8.40 Å². The van der Waals surface area contributed by atoms with E-state index >= 15 is 0 Å². The van der Waals surface area contributed by atoms with Crippen molar-refractivity contribution in [3.05, 3.63) is 41.7 Å². The molecule has 0 aromatic heterocycles. The van der Waals surface area contributed by atoms with E-state index in [0.717, 1.165) is 0 Å². The second-order valence-corrected chi connectivity index (χ2v) is 13.2. The lowest BCUT2D eigenvalue weighted by Crippen LogP contribution is -2.68. The van der Waals surface area contributed by atoms with E-state index in [2.05, 4.69) is 85.6 Å². The summed E-state index contributed by atoms with van der Waals surface area (Å²) in [5.74, 6) is 0. The number of rotatable bonds is 9. The molecule has 23 heavy (non-hydrogen) atoms. The minimum absolute atomic E-state index is 0.677. The Bertz CT molecular complexity index is 479. The van der Waals surface area contributed by atoms with Crippen LogP contribution in [0.3, 0.4) is 0 Å². The molecule has 0 radical (unpaired) electrons. The quantitative estimate of drug-likeness (QED) is 0.636. The summed E-state index contributed by atoms with van der Waals surface area (Å²) in [7, 11) is 4.21. The van der Waals surface area contributed by atoms with Crippen LogP contribution in [0.4, 0.5) is 0 Å². The molecule has 0 atom stereocenters. The molecule has 0 N–H and O–H groups in total. The van der Waals surface area contributed by atoms with Crippen LogP contribution < -0.4 is 5.19 Å². The predicted octanol–water partition coefficient (Wildman–Crippen LogP) is 2.24. The number of hydrogen-bond acceptors (Lipinski definition) is 4. The molecule has 1 rings (SSSR count). The lowest BCUT2D eigenvalue weighted by molar-refractivity contribution is 0.201. The Morgan fingerprint density at radius 1 is 0.870 bits per heavy atom. The third kappa shape index (κ3) is 4.85. The highest BCUT2D eigenvalue weighted by Gasteiger charge is 2.40. The molecule has 0 aliphatic heterocycles. The molecule has 0 saturated carbocycles. The van der Waals surface area contributed by atoms with Gasteiger partial charge in [0.05, 0.1) is 0 Å². The van der Waals surface area contributed by atoms with Gasteiger partial charge in [-0.15, -0.1) is 0 Å². The molecule has 0 heterocycles. The van der Waals surface area contributed by atoms with Gasteiger partial charge in [0.2, 0.25) is 0 Å². The van der Waals surface area contributed by atoms with Crippen LogP contribution >= 0.6 is 0 Å². The Hall–Kier alpha value is -0.766. The molecule has 1 aromatic rings. The van der Waals surface area contributed by atoms with Crippen LogP contribution in [0.15, 0.2) is 41.7 Å². The molecule has 0 fully saturated rings. The van der Waals surface area contributed by atoms with Crippen molar-refractivity contribution in [1.29, 1.82) is 0 Å². The second kappa shape index (κ2) is 8.91. The average molecular weight is 353 g/mol. The highest BCUT2D eigenvalue weighted by molar-refractivity contribution is 6.92. The SMILES string of the molecule is CCO[Si](C)(C=C[Si](c1ccccc1)(N(C)C)N(C)C)OCC. The van der Waals surface area contributed by atoms with Gasteiger partial charge in [-0.2, -0.15) is 0 Å². The maximum absolute atomic E-state index is 5.98. The van der Waals surface area contributed by atoms with Crippen LogP contribution in [-0.2, 0) is 8.85 Å². The molecule has 0 spiro atoms. The normalized spacial score (nSPS) is 13.4. The van der Waals surface area contributed by atoms with E-state index in [1.807, 2.05) is 13.8 Å². The Balaban J connectivity index is 3.33. The molecular weight excluding hydrogens is 320 g/mol. The van der Waals surface area contributed by atoms with Gasteiger partial charge in [-0.05, 0) is 59.5 Å². The van der Waals surface area contributed by atoms with E-state index < -0.39 is 17.0 Å². The minimum Gasteiger partial charge on any atom is -0.392 e. The highest BCUT2D eigenvalue weighted by Crippen LogP contribution is 2.16. The second-order valence-electron chi connectivity index (χ2n) is 6.10. The third-order valence-corrected chi connectivity index (χ3v) is 11.4. The number of nitrogens with zero attached hydrogens (tertiary/aromatic N) is 2. The summed E-state index contributed by atoms with van der Waals surface area (Å²) >= 11 is 0. The molecule has 6 heteroatoms. The maximum atomic E-state index is 5.98. The molecule has 0 aliphatic carbocycles. The Labute approximate surface area is 144 Å². The van der Waals surface area contributed by atoms with E-state index in [9.17, 15) is 0 Å². The van der Waals surface area contributed by atoms with Gasteiger partial charge in [-0.1, -0.05) is 36.0 Å². The van der Waals surface area contributed by atoms with Crippen LogP contribution in [-0.4, -0.2) is 67.5 Å². The summed E-state index contributed by atoms with van der Waals surface area (Å²) in [6.45, 7) is 7.52. The van der Waals surface area contributed by atoms with E-state index in [4.69, 9.17) is 8.85 Å². The zero-order chi connectivity index (χ0) is 17.5. The summed E-state index contributed by atoms with van der Waals surface area (Å²) in [4.78, 5) is 0. The maximum Gasteiger partial charge on any atom is 0.361 e. The van der Waals surface area contributed by atoms with Gasteiger partial charge in [-0.3, -0.25) is 0 Å². The predicted molar refractivity (Wildman–Crippen MR) is 103 cm³/mol. The van der Waals surface area contributed by atoms with Crippen LogP contribution in [0, 0.1) is 0 Å². The van der Waals surface area contributed by atoms with Crippen molar-refractivity contribution in [3.8, 4) is 0 Å². The minimum atomic E-state index is -2.28. The van der Waals surface area contributed by atoms with Crippen molar-refractivity contribution in [2.75, 3.05) is 41.4 Å². The number of benzene rings is 1. The van der Waals surface area contributed by atoms with Crippen molar-refractivity contribution in [1.82, 2.24) is 9.13 Å². The lowest BCUT2D eigenvalue weighted by atomic mass is 10.4. The first-order chi connectivity index (χ1) is 10.8. The molecule has 0 aliphatic rings. The Kier molecular flexibility index (Phi) is 7.86. The fourth-order valence-corrected chi connectivity index (χ4v) is 9.84. The van der Waals surface area contributed by atoms with Crippen LogP contribution in [0.2, 0.25) is 6.55 Å². The fraction of sp³-hybridized carbons (Fsp3) is 0.529. The standard InChI is InChI=1S/C17H32N2O2Si2/c1-8-20-22(7,21-9-2)15-16-23(18(3)4,19(5)6)17-13-11-10-12-14-17/h10-16H,8-9H2,1-7H3. The van der Waals surface area contributed by atoms with Crippen molar-refractivity contribution in [2.24, 2.45) is 0 Å². The highest BCUT2D eigenvalue weighted by atomic mass is 28.4. The van der Waals surface area contributed by atoms with Crippen LogP contribution in [0.1, 0.15) is 13.8 Å². The average Bonchev–Trinajstić information content (AvgIpc) is 2.48. The van der Waals surface area contributed by atoms with Gasteiger partial charge in [0.1, 0.15) is 0 Å². The first-order valence-corrected chi connectivity index (χ1v) is 12.6. The molecule has 1 aromatic carbocycles. The molecule has 0 unspecified atom stereocenters. The molecule has 0 saturated heterocycles. The Morgan fingerprint density at radius 2 is 1.35 bits per heavy atom. The molecule has 130 valence electrons. The Morgan fingerprint density at radius 3 is 1.74 bits per heavy atom. The zero-order valence-electron chi connectivity index (χ0n) is 15.7. The van der Waals surface area contributed by atoms with E-state index in [1.54, 1.807) is 0 Å². The van der Waals surface area contributed by atoms with Gasteiger partial charge >= 0.3 is 8.56 Å². The van der Waals surface area contributed by atoms with Crippen molar-refractivity contribution >= 4 is 22.1 Å². The zero-order valence-corrected chi connectivity index (χ0v) is 17.7. The fourth-order valence-electron chi connectivity index (χ4n) is 2.97. The molecule has 0 bridgehead atoms. The van der Waals surface area contributed by atoms with Crippen LogP contribution in [0.25, 0.3) is 0 Å². The molecule has 4 nitrogen and oxygen atoms in total. The first kappa shape index (κ1) is 20.3. The largest absolute Gasteiger partial charge is 0.392 e. The van der Waals surface area contributed by atoms with Crippen molar-refractivity contribution in [2.45, 2.75) is 20.4 Å².